The number of amides is 2. The van der Waals surface area contributed by atoms with E-state index in [0.717, 1.165) is 19.3 Å². The lowest BCUT2D eigenvalue weighted by atomic mass is 9.98. The van der Waals surface area contributed by atoms with E-state index in [1.54, 1.807) is 4.90 Å². The predicted octanol–water partition coefficient (Wildman–Crippen LogP) is 4.26. The fourth-order valence-electron chi connectivity index (χ4n) is 6.07. The summed E-state index contributed by atoms with van der Waals surface area (Å²) < 4.78 is 5.66. The first-order valence-corrected chi connectivity index (χ1v) is 12.5. The molecule has 2 N–H and O–H groups in total. The highest BCUT2D eigenvalue weighted by molar-refractivity contribution is 5.80. The average molecular weight is 477 g/mol. The molecule has 0 aromatic heterocycles. The number of carbonyl (C=O) groups is 3. The summed E-state index contributed by atoms with van der Waals surface area (Å²) in [7, 11) is 0. The van der Waals surface area contributed by atoms with Crippen LogP contribution in [0.25, 0.3) is 11.1 Å². The maximum absolute atomic E-state index is 12.7. The molecule has 184 valence electrons. The first kappa shape index (κ1) is 23.4. The Bertz CT molecular complexity index is 1090. The Morgan fingerprint density at radius 2 is 1.66 bits per heavy atom. The van der Waals surface area contributed by atoms with Gasteiger partial charge in [-0.15, -0.1) is 0 Å². The van der Waals surface area contributed by atoms with E-state index in [2.05, 4.69) is 29.6 Å². The molecule has 3 aliphatic rings. The number of carboxylic acids is 1. The van der Waals surface area contributed by atoms with Crippen molar-refractivity contribution in [3.63, 3.8) is 0 Å². The summed E-state index contributed by atoms with van der Waals surface area (Å²) in [5.74, 6) is -1.10. The second-order valence-corrected chi connectivity index (χ2v) is 10.3. The maximum atomic E-state index is 12.7. The molecule has 0 unspecified atom stereocenters. The van der Waals surface area contributed by atoms with E-state index >= 15 is 0 Å². The molecular formula is C28H32N2O5. The zero-order valence-electron chi connectivity index (χ0n) is 20.0. The first-order chi connectivity index (χ1) is 16.9. The summed E-state index contributed by atoms with van der Waals surface area (Å²) in [5, 5.41) is 12.3. The van der Waals surface area contributed by atoms with E-state index in [9.17, 15) is 19.5 Å². The van der Waals surface area contributed by atoms with Crippen LogP contribution in [0.4, 0.5) is 4.79 Å². The van der Waals surface area contributed by atoms with E-state index in [1.165, 1.54) is 22.3 Å². The van der Waals surface area contributed by atoms with Crippen LogP contribution in [0.3, 0.4) is 0 Å². The van der Waals surface area contributed by atoms with Crippen molar-refractivity contribution in [2.24, 2.45) is 17.8 Å². The van der Waals surface area contributed by atoms with Gasteiger partial charge in [0.05, 0.1) is 5.92 Å². The van der Waals surface area contributed by atoms with Crippen LogP contribution in [-0.2, 0) is 14.3 Å². The molecule has 2 aromatic rings. The standard InChI is InChI=1S/C28H32N2O5/c1-17-14-30(15-24(17)27(32)33)26(31)13-18-10-11-19(12-18)29-28(34)35-16-25-22-8-4-2-6-20(22)21-7-3-5-9-23(21)25/h2-9,17-19,24-25H,10-16H2,1H3,(H,29,34)(H,32,33)/t17-,18+,19-,24-/m1/s1. The van der Waals surface area contributed by atoms with Crippen LogP contribution in [0.5, 0.6) is 0 Å². The molecule has 0 spiro atoms. The molecule has 0 radical (unpaired) electrons. The second-order valence-electron chi connectivity index (χ2n) is 10.3. The van der Waals surface area contributed by atoms with Crippen molar-refractivity contribution in [1.82, 2.24) is 10.2 Å². The molecule has 2 fully saturated rings. The van der Waals surface area contributed by atoms with Gasteiger partial charge in [-0.05, 0) is 53.4 Å². The number of fused-ring (bicyclic) bond motifs is 3. The van der Waals surface area contributed by atoms with Crippen LogP contribution in [0.15, 0.2) is 48.5 Å². The van der Waals surface area contributed by atoms with Crippen molar-refractivity contribution in [3.8, 4) is 11.1 Å². The summed E-state index contributed by atoms with van der Waals surface area (Å²) in [6.45, 7) is 2.97. The Morgan fingerprint density at radius 3 is 2.29 bits per heavy atom. The zero-order chi connectivity index (χ0) is 24.5. The monoisotopic (exact) mass is 476 g/mol. The van der Waals surface area contributed by atoms with Gasteiger partial charge in [-0.2, -0.15) is 0 Å². The van der Waals surface area contributed by atoms with Gasteiger partial charge in [0.15, 0.2) is 0 Å². The fourth-order valence-corrected chi connectivity index (χ4v) is 6.07. The van der Waals surface area contributed by atoms with E-state index in [0.29, 0.717) is 19.5 Å². The third kappa shape index (κ3) is 4.77. The molecule has 5 rings (SSSR count). The summed E-state index contributed by atoms with van der Waals surface area (Å²) in [6, 6.07) is 16.5. The van der Waals surface area contributed by atoms with Gasteiger partial charge in [-0.1, -0.05) is 55.5 Å². The largest absolute Gasteiger partial charge is 0.481 e. The number of likely N-dealkylation sites (tertiary alicyclic amines) is 1. The molecule has 2 aliphatic carbocycles. The van der Waals surface area contributed by atoms with Gasteiger partial charge >= 0.3 is 12.1 Å². The number of carbonyl (C=O) groups excluding carboxylic acids is 2. The molecule has 4 atom stereocenters. The normalized spacial score (nSPS) is 25.2. The van der Waals surface area contributed by atoms with Crippen LogP contribution in [0, 0.1) is 17.8 Å². The third-order valence-corrected chi connectivity index (χ3v) is 7.95. The van der Waals surface area contributed by atoms with Crippen molar-refractivity contribution >= 4 is 18.0 Å². The number of hydrogen-bond acceptors (Lipinski definition) is 4. The number of carboxylic acid groups (broad SMARTS) is 1. The molecule has 1 heterocycles. The minimum absolute atomic E-state index is 0.00674. The zero-order valence-corrected chi connectivity index (χ0v) is 20.0. The summed E-state index contributed by atoms with van der Waals surface area (Å²) >= 11 is 0. The molecule has 7 nitrogen and oxygen atoms in total. The molecule has 35 heavy (non-hydrogen) atoms. The van der Waals surface area contributed by atoms with Crippen LogP contribution >= 0.6 is 0 Å². The van der Waals surface area contributed by atoms with E-state index < -0.39 is 18.0 Å². The van der Waals surface area contributed by atoms with Crippen molar-refractivity contribution < 1.29 is 24.2 Å². The Labute approximate surface area is 205 Å². The minimum Gasteiger partial charge on any atom is -0.481 e. The second kappa shape index (κ2) is 9.72. The Balaban J connectivity index is 1.10. The molecule has 2 amide bonds. The number of nitrogens with zero attached hydrogens (tertiary/aromatic N) is 1. The van der Waals surface area contributed by atoms with Crippen LogP contribution in [-0.4, -0.2) is 53.7 Å². The molecule has 2 aromatic carbocycles. The van der Waals surface area contributed by atoms with Crippen LogP contribution in [0.2, 0.25) is 0 Å². The van der Waals surface area contributed by atoms with Gasteiger partial charge in [-0.3, -0.25) is 9.59 Å². The maximum Gasteiger partial charge on any atom is 0.407 e. The number of alkyl carbamates (subject to hydrolysis) is 1. The molecular weight excluding hydrogens is 444 g/mol. The van der Waals surface area contributed by atoms with Gasteiger partial charge < -0.3 is 20.1 Å². The highest BCUT2D eigenvalue weighted by Gasteiger charge is 2.38. The Hall–Kier alpha value is -3.35. The highest BCUT2D eigenvalue weighted by Crippen LogP contribution is 2.44. The van der Waals surface area contributed by atoms with E-state index in [4.69, 9.17) is 4.74 Å². The molecule has 1 saturated heterocycles. The Morgan fingerprint density at radius 1 is 1.00 bits per heavy atom. The molecule has 0 bridgehead atoms. The van der Waals surface area contributed by atoms with E-state index in [1.807, 2.05) is 31.2 Å². The summed E-state index contributed by atoms with van der Waals surface area (Å²) in [5.41, 5.74) is 4.76. The lowest BCUT2D eigenvalue weighted by Crippen LogP contribution is -2.35. The van der Waals surface area contributed by atoms with Gasteiger partial charge in [0.2, 0.25) is 5.91 Å². The number of nitrogens with one attached hydrogen (secondary N) is 1. The molecule has 1 saturated carbocycles. The lowest BCUT2D eigenvalue weighted by molar-refractivity contribution is -0.142. The van der Waals surface area contributed by atoms with Crippen molar-refractivity contribution in [2.75, 3.05) is 19.7 Å². The SMILES string of the molecule is C[C@@H]1CN(C(=O)C[C@H]2CC[C@@H](NC(=O)OCC3c4ccccc4-c4ccccc43)C2)C[C@H]1C(=O)O. The first-order valence-electron chi connectivity index (χ1n) is 12.5. The molecule has 7 heteroatoms. The van der Waals surface area contributed by atoms with Crippen LogP contribution in [0.1, 0.15) is 49.7 Å². The van der Waals surface area contributed by atoms with Gasteiger partial charge in [0, 0.05) is 31.5 Å². The van der Waals surface area contributed by atoms with Gasteiger partial charge in [0.25, 0.3) is 0 Å². The topological polar surface area (TPSA) is 95.9 Å². The Kier molecular flexibility index (Phi) is 6.50. The number of ether oxygens (including phenoxy) is 1. The quantitative estimate of drug-likeness (QED) is 0.649. The van der Waals surface area contributed by atoms with Gasteiger partial charge in [0.1, 0.15) is 6.61 Å². The van der Waals surface area contributed by atoms with Crippen molar-refractivity contribution in [1.29, 1.82) is 0 Å². The number of aliphatic carboxylic acids is 1. The van der Waals surface area contributed by atoms with Crippen molar-refractivity contribution in [2.45, 2.75) is 44.6 Å². The number of rotatable bonds is 6. The minimum atomic E-state index is -0.832. The average Bonchev–Trinajstić information content (AvgIpc) is 3.53. The lowest BCUT2D eigenvalue weighted by Gasteiger charge is -2.19. The smallest absolute Gasteiger partial charge is 0.407 e. The number of hydrogen-bond donors (Lipinski definition) is 2. The third-order valence-electron chi connectivity index (χ3n) is 7.95. The fraction of sp³-hybridized carbons (Fsp3) is 0.464. The molecule has 1 aliphatic heterocycles. The summed E-state index contributed by atoms with van der Waals surface area (Å²) in [6.07, 6.45) is 2.41. The number of benzene rings is 2. The predicted molar refractivity (Wildman–Crippen MR) is 131 cm³/mol. The van der Waals surface area contributed by atoms with Crippen LogP contribution < -0.4 is 5.32 Å². The van der Waals surface area contributed by atoms with E-state index in [-0.39, 0.29) is 36.3 Å². The summed E-state index contributed by atoms with van der Waals surface area (Å²) in [4.78, 5) is 38.3. The van der Waals surface area contributed by atoms with Gasteiger partial charge in [-0.25, -0.2) is 4.79 Å². The highest BCUT2D eigenvalue weighted by atomic mass is 16.5. The van der Waals surface area contributed by atoms with Crippen molar-refractivity contribution in [3.05, 3.63) is 59.7 Å².